The molecule has 0 fully saturated rings. The summed E-state index contributed by atoms with van der Waals surface area (Å²) in [6, 6.07) is 8.84. The first-order chi connectivity index (χ1) is 11.3. The number of esters is 1. The van der Waals surface area contributed by atoms with Gasteiger partial charge in [-0.15, -0.1) is 0 Å². The fourth-order valence-electron chi connectivity index (χ4n) is 1.92. The predicted octanol–water partition coefficient (Wildman–Crippen LogP) is 1.88. The van der Waals surface area contributed by atoms with Crippen LogP contribution in [-0.2, 0) is 14.8 Å². The van der Waals surface area contributed by atoms with Crippen LogP contribution >= 0.6 is 0 Å². The first kappa shape index (κ1) is 17.6. The van der Waals surface area contributed by atoms with Gasteiger partial charge in [-0.3, -0.25) is 14.5 Å². The van der Waals surface area contributed by atoms with Gasteiger partial charge in [0.25, 0.3) is 0 Å². The average Bonchev–Trinajstić information content (AvgIpc) is 2.54. The summed E-state index contributed by atoms with van der Waals surface area (Å²) < 4.78 is 29.7. The van der Waals surface area contributed by atoms with Crippen molar-refractivity contribution in [2.45, 2.75) is 13.0 Å². The fraction of sp³-hybridized carbons (Fsp3) is 0.188. The highest BCUT2D eigenvalue weighted by Gasteiger charge is 2.20. The van der Waals surface area contributed by atoms with Crippen LogP contribution in [0.4, 0.5) is 5.69 Å². The van der Waals surface area contributed by atoms with Gasteiger partial charge in [-0.25, -0.2) is 13.2 Å². The summed E-state index contributed by atoms with van der Waals surface area (Å²) in [5.41, 5.74) is 0.955. The number of hydrogen-bond donors (Lipinski definition) is 1. The van der Waals surface area contributed by atoms with Gasteiger partial charge in [0.2, 0.25) is 15.8 Å². The van der Waals surface area contributed by atoms with Crippen LogP contribution in [0.5, 0.6) is 0 Å². The van der Waals surface area contributed by atoms with Crippen LogP contribution in [0.25, 0.3) is 0 Å². The summed E-state index contributed by atoms with van der Waals surface area (Å²) in [5, 5.41) is 0. The predicted molar refractivity (Wildman–Crippen MR) is 88.4 cm³/mol. The molecule has 2 aromatic rings. The number of hydrogen-bond acceptors (Lipinski definition) is 6. The van der Waals surface area contributed by atoms with Crippen molar-refractivity contribution < 1.29 is 22.7 Å². The highest BCUT2D eigenvalue weighted by Crippen LogP contribution is 2.14. The largest absolute Gasteiger partial charge is 0.451 e. The molecule has 1 heterocycles. The molecule has 0 unspecified atom stereocenters. The lowest BCUT2D eigenvalue weighted by molar-refractivity contribution is 0.0318. The molecule has 0 aliphatic heterocycles. The van der Waals surface area contributed by atoms with Gasteiger partial charge >= 0.3 is 5.97 Å². The van der Waals surface area contributed by atoms with E-state index in [0.717, 1.165) is 6.26 Å². The third-order valence-corrected chi connectivity index (χ3v) is 3.65. The van der Waals surface area contributed by atoms with Gasteiger partial charge in [-0.05, 0) is 43.3 Å². The number of carbonyl (C=O) groups is 2. The summed E-state index contributed by atoms with van der Waals surface area (Å²) in [5.74, 6) is -1.00. The first-order valence-corrected chi connectivity index (χ1v) is 8.88. The van der Waals surface area contributed by atoms with Gasteiger partial charge in [0, 0.05) is 23.6 Å². The number of benzene rings is 1. The molecule has 126 valence electrons. The van der Waals surface area contributed by atoms with E-state index in [1.54, 1.807) is 0 Å². The van der Waals surface area contributed by atoms with Gasteiger partial charge < -0.3 is 4.74 Å². The lowest BCUT2D eigenvalue weighted by Crippen LogP contribution is -2.24. The number of pyridine rings is 1. The van der Waals surface area contributed by atoms with Crippen molar-refractivity contribution in [1.82, 2.24) is 4.98 Å². The molecule has 0 aliphatic carbocycles. The number of nitrogens with zero attached hydrogens (tertiary/aromatic N) is 1. The molecule has 7 nitrogen and oxygen atoms in total. The second kappa shape index (κ2) is 7.22. The minimum atomic E-state index is -3.38. The maximum Gasteiger partial charge on any atom is 0.338 e. The maximum atomic E-state index is 12.3. The number of sulfonamides is 1. The monoisotopic (exact) mass is 348 g/mol. The van der Waals surface area contributed by atoms with Crippen molar-refractivity contribution in [2.24, 2.45) is 0 Å². The normalized spacial score (nSPS) is 12.2. The highest BCUT2D eigenvalue weighted by atomic mass is 32.2. The van der Waals surface area contributed by atoms with Crippen LogP contribution in [0.3, 0.4) is 0 Å². The zero-order valence-electron chi connectivity index (χ0n) is 13.1. The van der Waals surface area contributed by atoms with E-state index in [9.17, 15) is 18.0 Å². The molecule has 0 amide bonds. The molecular weight excluding hydrogens is 332 g/mol. The van der Waals surface area contributed by atoms with Crippen molar-refractivity contribution in [1.29, 1.82) is 0 Å². The maximum absolute atomic E-state index is 12.3. The Morgan fingerprint density at radius 2 is 1.62 bits per heavy atom. The number of rotatable bonds is 6. The molecule has 0 saturated heterocycles. The molecule has 8 heteroatoms. The molecule has 1 aromatic heterocycles. The van der Waals surface area contributed by atoms with Crippen LogP contribution in [0.1, 0.15) is 27.6 Å². The lowest BCUT2D eigenvalue weighted by Gasteiger charge is -2.12. The average molecular weight is 348 g/mol. The quantitative estimate of drug-likeness (QED) is 0.632. The summed E-state index contributed by atoms with van der Waals surface area (Å²) in [6.07, 6.45) is 2.97. The standard InChI is InChI=1S/C16H16N2O5S/c1-11(23-16(20)13-7-9-17-10-8-13)15(19)12-3-5-14(6-4-12)18-24(2,21)22/h3-11,18H,1-2H3/t11-/m0/s1. The van der Waals surface area contributed by atoms with E-state index in [0.29, 0.717) is 16.8 Å². The van der Waals surface area contributed by atoms with E-state index in [1.165, 1.54) is 55.7 Å². The fourth-order valence-corrected chi connectivity index (χ4v) is 2.49. The number of nitrogens with one attached hydrogen (secondary N) is 1. The van der Waals surface area contributed by atoms with Gasteiger partial charge in [0.1, 0.15) is 0 Å². The molecule has 0 spiro atoms. The Bertz CT molecular complexity index is 833. The van der Waals surface area contributed by atoms with Crippen molar-refractivity contribution in [3.8, 4) is 0 Å². The smallest absolute Gasteiger partial charge is 0.338 e. The Balaban J connectivity index is 2.04. The number of aromatic nitrogens is 1. The highest BCUT2D eigenvalue weighted by molar-refractivity contribution is 7.92. The molecule has 1 N–H and O–H groups in total. The number of ether oxygens (including phenoxy) is 1. The number of Topliss-reactive ketones (excluding diaryl/α,β-unsaturated/α-hetero) is 1. The van der Waals surface area contributed by atoms with Crippen LogP contribution < -0.4 is 4.72 Å². The summed E-state index contributed by atoms with van der Waals surface area (Å²) >= 11 is 0. The molecule has 1 atom stereocenters. The Morgan fingerprint density at radius 3 is 2.17 bits per heavy atom. The topological polar surface area (TPSA) is 102 Å². The minimum Gasteiger partial charge on any atom is -0.451 e. The van der Waals surface area contributed by atoms with Crippen LogP contribution in [0.15, 0.2) is 48.8 Å². The molecule has 1 aromatic carbocycles. The third kappa shape index (κ3) is 4.88. The van der Waals surface area contributed by atoms with E-state index >= 15 is 0 Å². The zero-order chi connectivity index (χ0) is 17.7. The Hall–Kier alpha value is -2.74. The van der Waals surface area contributed by atoms with Crippen molar-refractivity contribution in [3.05, 3.63) is 59.9 Å². The molecule has 0 radical (unpaired) electrons. The molecular formula is C16H16N2O5S. The Morgan fingerprint density at radius 1 is 1.04 bits per heavy atom. The van der Waals surface area contributed by atoms with E-state index in [1.807, 2.05) is 0 Å². The van der Waals surface area contributed by atoms with E-state index in [-0.39, 0.29) is 5.78 Å². The first-order valence-electron chi connectivity index (χ1n) is 6.99. The van der Waals surface area contributed by atoms with Gasteiger partial charge in [0.05, 0.1) is 11.8 Å². The molecule has 0 saturated carbocycles. The van der Waals surface area contributed by atoms with Gasteiger partial charge in [-0.2, -0.15) is 0 Å². The second-order valence-electron chi connectivity index (χ2n) is 5.10. The van der Waals surface area contributed by atoms with Crippen LogP contribution in [-0.4, -0.2) is 37.5 Å². The zero-order valence-corrected chi connectivity index (χ0v) is 13.9. The Kier molecular flexibility index (Phi) is 5.30. The number of anilines is 1. The third-order valence-electron chi connectivity index (χ3n) is 3.04. The van der Waals surface area contributed by atoms with Crippen LogP contribution in [0.2, 0.25) is 0 Å². The molecule has 0 bridgehead atoms. The van der Waals surface area contributed by atoms with Crippen LogP contribution in [0, 0.1) is 0 Å². The Labute approximate surface area is 139 Å². The van der Waals surface area contributed by atoms with Gasteiger partial charge in [-0.1, -0.05) is 0 Å². The molecule has 0 aliphatic rings. The second-order valence-corrected chi connectivity index (χ2v) is 6.85. The summed E-state index contributed by atoms with van der Waals surface area (Å²) in [7, 11) is -3.38. The van der Waals surface area contributed by atoms with Gasteiger partial charge in [0.15, 0.2) is 6.10 Å². The molecule has 2 rings (SSSR count). The van der Waals surface area contributed by atoms with E-state index in [4.69, 9.17) is 4.74 Å². The summed E-state index contributed by atoms with van der Waals surface area (Å²) in [4.78, 5) is 28.0. The van der Waals surface area contributed by atoms with E-state index in [2.05, 4.69) is 9.71 Å². The minimum absolute atomic E-state index is 0.303. The van der Waals surface area contributed by atoms with Crippen molar-refractivity contribution >= 4 is 27.5 Å². The SMILES string of the molecule is C[C@H](OC(=O)c1ccncc1)C(=O)c1ccc(NS(C)(=O)=O)cc1. The lowest BCUT2D eigenvalue weighted by atomic mass is 10.1. The number of ketones is 1. The van der Waals surface area contributed by atoms with Crippen molar-refractivity contribution in [2.75, 3.05) is 11.0 Å². The summed E-state index contributed by atoms with van der Waals surface area (Å²) in [6.45, 7) is 1.48. The molecule has 24 heavy (non-hydrogen) atoms. The van der Waals surface area contributed by atoms with E-state index < -0.39 is 22.1 Å². The number of carbonyl (C=O) groups excluding carboxylic acids is 2. The van der Waals surface area contributed by atoms with Crippen molar-refractivity contribution in [3.63, 3.8) is 0 Å².